The maximum Gasteiger partial charge on any atom is 0.0763 e. The minimum Gasteiger partial charge on any atom is -0.379 e. The summed E-state index contributed by atoms with van der Waals surface area (Å²) in [6.45, 7) is 2.15. The van der Waals surface area contributed by atoms with E-state index in [1.807, 2.05) is 13.1 Å². The summed E-state index contributed by atoms with van der Waals surface area (Å²) >= 11 is 0. The van der Waals surface area contributed by atoms with E-state index in [4.69, 9.17) is 4.74 Å². The molecule has 2 rings (SSSR count). The standard InChI is InChI=1S/C18H23NO/c1-4-17(20-3)18(19-2)16-12-10-15(11-13-16)14-8-6-5-7-9-14/h5-13,17-19H,4H2,1-3H3. The van der Waals surface area contributed by atoms with Crippen LogP contribution in [0.4, 0.5) is 0 Å². The Balaban J connectivity index is 2.23. The van der Waals surface area contributed by atoms with E-state index in [-0.39, 0.29) is 12.1 Å². The normalized spacial score (nSPS) is 13.9. The van der Waals surface area contributed by atoms with E-state index in [9.17, 15) is 0 Å². The van der Waals surface area contributed by atoms with Gasteiger partial charge in [0.2, 0.25) is 0 Å². The first-order chi connectivity index (χ1) is 9.80. The van der Waals surface area contributed by atoms with Crippen molar-refractivity contribution in [2.45, 2.75) is 25.5 Å². The van der Waals surface area contributed by atoms with Gasteiger partial charge in [-0.1, -0.05) is 61.5 Å². The molecular weight excluding hydrogens is 246 g/mol. The molecule has 0 aliphatic rings. The van der Waals surface area contributed by atoms with Crippen molar-refractivity contribution in [1.29, 1.82) is 0 Å². The topological polar surface area (TPSA) is 21.3 Å². The van der Waals surface area contributed by atoms with Gasteiger partial charge in [-0.25, -0.2) is 0 Å². The van der Waals surface area contributed by atoms with Gasteiger partial charge in [-0.05, 0) is 30.2 Å². The van der Waals surface area contributed by atoms with E-state index in [2.05, 4.69) is 60.8 Å². The van der Waals surface area contributed by atoms with Crippen LogP contribution in [-0.4, -0.2) is 20.3 Å². The third-order valence-corrected chi connectivity index (χ3v) is 3.76. The fourth-order valence-corrected chi connectivity index (χ4v) is 2.62. The first-order valence-electron chi connectivity index (χ1n) is 7.15. The lowest BCUT2D eigenvalue weighted by Gasteiger charge is -2.25. The highest BCUT2D eigenvalue weighted by molar-refractivity contribution is 5.63. The fourth-order valence-electron chi connectivity index (χ4n) is 2.62. The molecule has 0 amide bonds. The zero-order valence-electron chi connectivity index (χ0n) is 12.5. The number of benzene rings is 2. The number of rotatable bonds is 6. The lowest BCUT2D eigenvalue weighted by Crippen LogP contribution is -2.30. The lowest BCUT2D eigenvalue weighted by molar-refractivity contribution is 0.0676. The first kappa shape index (κ1) is 14.8. The quantitative estimate of drug-likeness (QED) is 0.854. The summed E-state index contributed by atoms with van der Waals surface area (Å²) in [6, 6.07) is 19.4. The smallest absolute Gasteiger partial charge is 0.0763 e. The van der Waals surface area contributed by atoms with Crippen LogP contribution < -0.4 is 5.32 Å². The van der Waals surface area contributed by atoms with Crippen molar-refractivity contribution in [3.05, 3.63) is 60.2 Å². The van der Waals surface area contributed by atoms with Crippen LogP contribution >= 0.6 is 0 Å². The van der Waals surface area contributed by atoms with Crippen LogP contribution in [0.15, 0.2) is 54.6 Å². The predicted octanol–water partition coefficient (Wildman–Crippen LogP) is 4.04. The van der Waals surface area contributed by atoms with E-state index < -0.39 is 0 Å². The summed E-state index contributed by atoms with van der Waals surface area (Å²) in [5, 5.41) is 3.35. The zero-order valence-corrected chi connectivity index (χ0v) is 12.5. The zero-order chi connectivity index (χ0) is 14.4. The van der Waals surface area contributed by atoms with Crippen LogP contribution in [-0.2, 0) is 4.74 Å². The SMILES string of the molecule is CCC(OC)C(NC)c1ccc(-c2ccccc2)cc1. The summed E-state index contributed by atoms with van der Waals surface area (Å²) in [4.78, 5) is 0. The van der Waals surface area contributed by atoms with E-state index in [1.165, 1.54) is 16.7 Å². The van der Waals surface area contributed by atoms with Gasteiger partial charge in [0.1, 0.15) is 0 Å². The van der Waals surface area contributed by atoms with Gasteiger partial charge >= 0.3 is 0 Å². The van der Waals surface area contributed by atoms with Gasteiger partial charge in [0, 0.05) is 7.11 Å². The summed E-state index contributed by atoms with van der Waals surface area (Å²) in [5.41, 5.74) is 3.76. The van der Waals surface area contributed by atoms with Crippen molar-refractivity contribution in [1.82, 2.24) is 5.32 Å². The van der Waals surface area contributed by atoms with Crippen LogP contribution in [0.2, 0.25) is 0 Å². The molecule has 0 bridgehead atoms. The Bertz CT molecular complexity index is 503. The van der Waals surface area contributed by atoms with Crippen LogP contribution in [0, 0.1) is 0 Å². The molecular formula is C18H23NO. The molecule has 20 heavy (non-hydrogen) atoms. The Morgan fingerprint density at radius 3 is 2.05 bits per heavy atom. The second-order valence-corrected chi connectivity index (χ2v) is 4.94. The minimum atomic E-state index is 0.197. The van der Waals surface area contributed by atoms with Gasteiger partial charge in [-0.3, -0.25) is 0 Å². The molecule has 0 saturated carbocycles. The molecule has 106 valence electrons. The number of nitrogens with one attached hydrogen (secondary N) is 1. The molecule has 0 spiro atoms. The maximum atomic E-state index is 5.56. The third kappa shape index (κ3) is 3.27. The molecule has 2 unspecified atom stereocenters. The molecule has 0 fully saturated rings. The molecule has 0 saturated heterocycles. The Morgan fingerprint density at radius 1 is 0.950 bits per heavy atom. The van der Waals surface area contributed by atoms with E-state index in [1.54, 1.807) is 7.11 Å². The molecule has 0 aliphatic heterocycles. The number of hydrogen-bond donors (Lipinski definition) is 1. The second kappa shape index (κ2) is 7.22. The van der Waals surface area contributed by atoms with Crippen molar-refractivity contribution in [3.63, 3.8) is 0 Å². The van der Waals surface area contributed by atoms with Gasteiger partial charge in [-0.15, -0.1) is 0 Å². The number of hydrogen-bond acceptors (Lipinski definition) is 2. The van der Waals surface area contributed by atoms with Crippen molar-refractivity contribution in [2.75, 3.05) is 14.2 Å². The van der Waals surface area contributed by atoms with Crippen molar-refractivity contribution < 1.29 is 4.74 Å². The molecule has 0 radical (unpaired) electrons. The van der Waals surface area contributed by atoms with Crippen LogP contribution in [0.3, 0.4) is 0 Å². The number of ether oxygens (including phenoxy) is 1. The van der Waals surface area contributed by atoms with Crippen LogP contribution in [0.25, 0.3) is 11.1 Å². The average Bonchev–Trinajstić information content (AvgIpc) is 2.53. The molecule has 2 aromatic rings. The van der Waals surface area contributed by atoms with Crippen molar-refractivity contribution in [2.24, 2.45) is 0 Å². The summed E-state index contributed by atoms with van der Waals surface area (Å²) < 4.78 is 5.56. The van der Waals surface area contributed by atoms with E-state index in [0.29, 0.717) is 0 Å². The third-order valence-electron chi connectivity index (χ3n) is 3.76. The highest BCUT2D eigenvalue weighted by atomic mass is 16.5. The average molecular weight is 269 g/mol. The summed E-state index contributed by atoms with van der Waals surface area (Å²) in [5.74, 6) is 0. The van der Waals surface area contributed by atoms with Crippen LogP contribution in [0.5, 0.6) is 0 Å². The highest BCUT2D eigenvalue weighted by Gasteiger charge is 2.19. The Kier molecular flexibility index (Phi) is 5.33. The van der Waals surface area contributed by atoms with Crippen LogP contribution in [0.1, 0.15) is 24.9 Å². The molecule has 0 aromatic heterocycles. The lowest BCUT2D eigenvalue weighted by atomic mass is 9.97. The summed E-state index contributed by atoms with van der Waals surface area (Å²) in [6.07, 6.45) is 1.19. The fraction of sp³-hybridized carbons (Fsp3) is 0.333. The Hall–Kier alpha value is -1.64. The first-order valence-corrected chi connectivity index (χ1v) is 7.15. The number of likely N-dealkylation sites (N-methyl/N-ethyl adjacent to an activating group) is 1. The Labute approximate surface area is 121 Å². The monoisotopic (exact) mass is 269 g/mol. The van der Waals surface area contributed by atoms with E-state index in [0.717, 1.165) is 6.42 Å². The van der Waals surface area contributed by atoms with Gasteiger partial charge in [0.05, 0.1) is 12.1 Å². The van der Waals surface area contributed by atoms with Gasteiger partial charge in [0.15, 0.2) is 0 Å². The molecule has 0 aliphatic carbocycles. The minimum absolute atomic E-state index is 0.197. The van der Waals surface area contributed by atoms with Crippen molar-refractivity contribution in [3.8, 4) is 11.1 Å². The maximum absolute atomic E-state index is 5.56. The molecule has 1 N–H and O–H groups in total. The number of methoxy groups -OCH3 is 1. The largest absolute Gasteiger partial charge is 0.379 e. The molecule has 0 heterocycles. The molecule has 2 heteroatoms. The van der Waals surface area contributed by atoms with E-state index >= 15 is 0 Å². The predicted molar refractivity (Wildman–Crippen MR) is 84.8 cm³/mol. The van der Waals surface area contributed by atoms with Gasteiger partial charge < -0.3 is 10.1 Å². The van der Waals surface area contributed by atoms with Gasteiger partial charge in [-0.2, -0.15) is 0 Å². The highest BCUT2D eigenvalue weighted by Crippen LogP contribution is 2.25. The Morgan fingerprint density at radius 2 is 1.55 bits per heavy atom. The van der Waals surface area contributed by atoms with Gasteiger partial charge in [0.25, 0.3) is 0 Å². The summed E-state index contributed by atoms with van der Waals surface area (Å²) in [7, 11) is 3.76. The molecule has 2 aromatic carbocycles. The molecule has 2 atom stereocenters. The second-order valence-electron chi connectivity index (χ2n) is 4.94. The molecule has 2 nitrogen and oxygen atoms in total. The van der Waals surface area contributed by atoms with Crippen molar-refractivity contribution >= 4 is 0 Å².